The van der Waals surface area contributed by atoms with Crippen LogP contribution in [0.3, 0.4) is 0 Å². The lowest BCUT2D eigenvalue weighted by Crippen LogP contribution is -2.07. The SMILES string of the molecule is [N-]=[N+]=NCCC=Cc1ccc2occ(C=O)c(=O)c2c1. The van der Waals surface area contributed by atoms with Crippen LogP contribution in [0.2, 0.25) is 0 Å². The van der Waals surface area contributed by atoms with Gasteiger partial charge in [0, 0.05) is 11.5 Å². The van der Waals surface area contributed by atoms with Gasteiger partial charge in [-0.05, 0) is 29.6 Å². The summed E-state index contributed by atoms with van der Waals surface area (Å²) in [6, 6.07) is 5.15. The van der Waals surface area contributed by atoms with Gasteiger partial charge < -0.3 is 4.42 Å². The third-order valence-electron chi connectivity index (χ3n) is 2.72. The molecule has 2 rings (SSSR count). The minimum atomic E-state index is -0.342. The Morgan fingerprint density at radius 1 is 1.40 bits per heavy atom. The monoisotopic (exact) mass is 269 g/mol. The van der Waals surface area contributed by atoms with E-state index in [4.69, 9.17) is 9.95 Å². The summed E-state index contributed by atoms with van der Waals surface area (Å²) in [5.74, 6) is 0. The Kier molecular flexibility index (Phi) is 4.32. The molecule has 0 amide bonds. The van der Waals surface area contributed by atoms with Gasteiger partial charge in [-0.25, -0.2) is 0 Å². The number of azide groups is 1. The highest BCUT2D eigenvalue weighted by Crippen LogP contribution is 2.14. The van der Waals surface area contributed by atoms with Crippen molar-refractivity contribution in [2.24, 2.45) is 5.11 Å². The molecule has 0 saturated heterocycles. The second-order valence-electron chi connectivity index (χ2n) is 4.04. The number of nitrogens with zero attached hydrogens (tertiary/aromatic N) is 3. The van der Waals surface area contributed by atoms with Gasteiger partial charge >= 0.3 is 0 Å². The maximum Gasteiger partial charge on any atom is 0.203 e. The van der Waals surface area contributed by atoms with Crippen molar-refractivity contribution < 1.29 is 9.21 Å². The zero-order valence-electron chi connectivity index (χ0n) is 10.5. The normalized spacial score (nSPS) is 10.6. The van der Waals surface area contributed by atoms with Crippen molar-refractivity contribution in [1.29, 1.82) is 0 Å². The number of hydrogen-bond acceptors (Lipinski definition) is 4. The summed E-state index contributed by atoms with van der Waals surface area (Å²) in [7, 11) is 0. The number of carbonyl (C=O) groups excluding carboxylic acids is 1. The summed E-state index contributed by atoms with van der Waals surface area (Å²) in [5.41, 5.74) is 9.05. The first-order valence-corrected chi connectivity index (χ1v) is 5.94. The maximum atomic E-state index is 12.0. The fourth-order valence-corrected chi connectivity index (χ4v) is 1.75. The van der Waals surface area contributed by atoms with Crippen molar-refractivity contribution >= 4 is 23.3 Å². The molecule has 0 aliphatic carbocycles. The summed E-state index contributed by atoms with van der Waals surface area (Å²) in [6.45, 7) is 0.387. The molecule has 0 N–H and O–H groups in total. The van der Waals surface area contributed by atoms with Crippen LogP contribution in [0.5, 0.6) is 0 Å². The second kappa shape index (κ2) is 6.36. The van der Waals surface area contributed by atoms with Gasteiger partial charge in [-0.15, -0.1) is 0 Å². The van der Waals surface area contributed by atoms with Gasteiger partial charge in [-0.2, -0.15) is 0 Å². The van der Waals surface area contributed by atoms with Crippen molar-refractivity contribution in [3.05, 3.63) is 62.3 Å². The molecule has 2 aromatic rings. The molecule has 20 heavy (non-hydrogen) atoms. The maximum absolute atomic E-state index is 12.0. The van der Waals surface area contributed by atoms with Crippen LogP contribution in [-0.2, 0) is 0 Å². The highest BCUT2D eigenvalue weighted by Gasteiger charge is 2.06. The van der Waals surface area contributed by atoms with Crippen LogP contribution in [0.15, 0.2) is 44.9 Å². The highest BCUT2D eigenvalue weighted by atomic mass is 16.3. The van der Waals surface area contributed by atoms with Crippen LogP contribution in [-0.4, -0.2) is 12.8 Å². The lowest BCUT2D eigenvalue weighted by atomic mass is 10.1. The van der Waals surface area contributed by atoms with Crippen LogP contribution in [0.1, 0.15) is 22.3 Å². The Labute approximate surface area is 114 Å². The minimum Gasteiger partial charge on any atom is -0.463 e. The van der Waals surface area contributed by atoms with Crippen molar-refractivity contribution in [3.8, 4) is 0 Å². The van der Waals surface area contributed by atoms with E-state index < -0.39 is 0 Å². The van der Waals surface area contributed by atoms with Crippen LogP contribution < -0.4 is 5.43 Å². The van der Waals surface area contributed by atoms with Gasteiger partial charge in [0.1, 0.15) is 11.8 Å². The van der Waals surface area contributed by atoms with E-state index in [2.05, 4.69) is 10.0 Å². The largest absolute Gasteiger partial charge is 0.463 e. The van der Waals surface area contributed by atoms with Gasteiger partial charge in [0.05, 0.1) is 10.9 Å². The number of fused-ring (bicyclic) bond motifs is 1. The van der Waals surface area contributed by atoms with E-state index in [1.54, 1.807) is 18.2 Å². The summed E-state index contributed by atoms with van der Waals surface area (Å²) < 4.78 is 5.22. The third kappa shape index (κ3) is 2.93. The van der Waals surface area contributed by atoms with Gasteiger partial charge in [0.25, 0.3) is 0 Å². The number of rotatable bonds is 5. The number of aldehydes is 1. The fourth-order valence-electron chi connectivity index (χ4n) is 1.75. The molecule has 0 saturated carbocycles. The Balaban J connectivity index is 2.32. The first-order chi connectivity index (χ1) is 9.76. The smallest absolute Gasteiger partial charge is 0.203 e. The molecule has 1 aromatic heterocycles. The molecule has 0 radical (unpaired) electrons. The average Bonchev–Trinajstić information content (AvgIpc) is 2.48. The predicted octanol–water partition coefficient (Wildman–Crippen LogP) is 3.32. The molecule has 1 heterocycles. The van der Waals surface area contributed by atoms with Crippen LogP contribution in [0.4, 0.5) is 0 Å². The van der Waals surface area contributed by atoms with Crippen LogP contribution in [0, 0.1) is 0 Å². The zero-order chi connectivity index (χ0) is 14.4. The first-order valence-electron chi connectivity index (χ1n) is 5.94. The molecule has 0 unspecified atom stereocenters. The van der Waals surface area contributed by atoms with Crippen molar-refractivity contribution in [2.45, 2.75) is 6.42 Å². The minimum absolute atomic E-state index is 0.00184. The van der Waals surface area contributed by atoms with E-state index in [-0.39, 0.29) is 11.0 Å². The summed E-state index contributed by atoms with van der Waals surface area (Å²) in [5, 5.41) is 3.78. The predicted molar refractivity (Wildman–Crippen MR) is 75.5 cm³/mol. The second-order valence-corrected chi connectivity index (χ2v) is 4.04. The van der Waals surface area contributed by atoms with Crippen LogP contribution in [0.25, 0.3) is 27.5 Å². The van der Waals surface area contributed by atoms with E-state index >= 15 is 0 Å². The van der Waals surface area contributed by atoms with Gasteiger partial charge in [-0.3, -0.25) is 9.59 Å². The van der Waals surface area contributed by atoms with E-state index in [9.17, 15) is 9.59 Å². The van der Waals surface area contributed by atoms with Crippen LogP contribution >= 0.6 is 0 Å². The lowest BCUT2D eigenvalue weighted by molar-refractivity contribution is 0.112. The third-order valence-corrected chi connectivity index (χ3v) is 2.72. The van der Waals surface area contributed by atoms with Gasteiger partial charge in [0.2, 0.25) is 5.43 Å². The molecular weight excluding hydrogens is 258 g/mol. The topological polar surface area (TPSA) is 96.0 Å². The quantitative estimate of drug-likeness (QED) is 0.274. The molecule has 6 nitrogen and oxygen atoms in total. The molecule has 0 spiro atoms. The van der Waals surface area contributed by atoms with E-state index in [0.29, 0.717) is 30.2 Å². The molecule has 0 aliphatic heterocycles. The number of benzene rings is 1. The lowest BCUT2D eigenvalue weighted by Gasteiger charge is -1.99. The first kappa shape index (κ1) is 13.6. The Morgan fingerprint density at radius 2 is 2.25 bits per heavy atom. The Hall–Kier alpha value is -2.85. The highest BCUT2D eigenvalue weighted by molar-refractivity contribution is 5.85. The Bertz CT molecular complexity index is 771. The molecular formula is C14H11N3O3. The van der Waals surface area contributed by atoms with Crippen molar-refractivity contribution in [1.82, 2.24) is 0 Å². The summed E-state index contributed by atoms with van der Waals surface area (Å²) >= 11 is 0. The summed E-state index contributed by atoms with van der Waals surface area (Å²) in [6.07, 6.45) is 5.92. The fraction of sp³-hybridized carbons (Fsp3) is 0.143. The van der Waals surface area contributed by atoms with Crippen molar-refractivity contribution in [3.63, 3.8) is 0 Å². The number of hydrogen-bond donors (Lipinski definition) is 0. The summed E-state index contributed by atoms with van der Waals surface area (Å²) in [4.78, 5) is 25.3. The molecule has 100 valence electrons. The molecule has 0 atom stereocenters. The molecule has 0 fully saturated rings. The van der Waals surface area contributed by atoms with Crippen molar-refractivity contribution in [2.75, 3.05) is 6.54 Å². The zero-order valence-corrected chi connectivity index (χ0v) is 10.5. The van der Waals surface area contributed by atoms with E-state index in [1.165, 1.54) is 0 Å². The standard InChI is InChI=1S/C14H11N3O3/c15-17-16-6-2-1-3-10-4-5-13-12(7-10)14(19)11(8-18)9-20-13/h1,3-5,7-9H,2,6H2. The number of carbonyl (C=O) groups is 1. The molecule has 1 aromatic carbocycles. The molecule has 0 bridgehead atoms. The molecule has 0 aliphatic rings. The van der Waals surface area contributed by atoms with Gasteiger partial charge in [-0.1, -0.05) is 23.3 Å². The van der Waals surface area contributed by atoms with E-state index in [1.807, 2.05) is 12.2 Å². The average molecular weight is 269 g/mol. The molecule has 6 heteroatoms. The van der Waals surface area contributed by atoms with Gasteiger partial charge in [0.15, 0.2) is 6.29 Å². The Morgan fingerprint density at radius 3 is 3.00 bits per heavy atom. The van der Waals surface area contributed by atoms with E-state index in [0.717, 1.165) is 11.8 Å².